The molecule has 7 heteroatoms. The maximum atomic E-state index is 13.5. The number of halogens is 2. The van der Waals surface area contributed by atoms with Crippen LogP contribution in [0, 0.1) is 11.6 Å². The molecule has 0 aliphatic carbocycles. The van der Waals surface area contributed by atoms with Gasteiger partial charge >= 0.3 is 0 Å². The third-order valence-electron chi connectivity index (χ3n) is 3.33. The summed E-state index contributed by atoms with van der Waals surface area (Å²) < 4.78 is 53.0. The number of rotatable bonds is 7. The molecule has 1 unspecified atom stereocenters. The molecule has 0 spiro atoms. The van der Waals surface area contributed by atoms with Crippen LogP contribution in [0.25, 0.3) is 0 Å². The minimum atomic E-state index is -3.66. The quantitative estimate of drug-likeness (QED) is 0.811. The van der Waals surface area contributed by atoms with Crippen LogP contribution in [0.15, 0.2) is 48.5 Å². The van der Waals surface area contributed by atoms with Crippen LogP contribution in [-0.2, 0) is 16.4 Å². The van der Waals surface area contributed by atoms with Gasteiger partial charge in [0.2, 0.25) is 10.0 Å². The lowest BCUT2D eigenvalue weighted by atomic mass is 10.1. The Labute approximate surface area is 133 Å². The fraction of sp³-hybridized carbons (Fsp3) is 0.250. The third kappa shape index (κ3) is 5.09. The van der Waals surface area contributed by atoms with Crippen LogP contribution >= 0.6 is 0 Å². The number of hydrogen-bond acceptors (Lipinski definition) is 3. The predicted molar refractivity (Wildman–Crippen MR) is 83.3 cm³/mol. The van der Waals surface area contributed by atoms with Gasteiger partial charge in [-0.25, -0.2) is 21.9 Å². The van der Waals surface area contributed by atoms with Crippen molar-refractivity contribution in [1.82, 2.24) is 4.72 Å². The normalized spacial score (nSPS) is 13.0. The zero-order valence-corrected chi connectivity index (χ0v) is 13.1. The number of hydrogen-bond donors (Lipinski definition) is 2. The fourth-order valence-corrected chi connectivity index (χ4v) is 3.17. The Balaban J connectivity index is 1.93. The SMILES string of the molecule is O=S(=O)(CCc1ccccc1)NCC(O)c1c(F)cccc1F. The summed E-state index contributed by atoms with van der Waals surface area (Å²) in [6.07, 6.45) is -1.29. The van der Waals surface area contributed by atoms with Gasteiger partial charge in [-0.05, 0) is 24.1 Å². The van der Waals surface area contributed by atoms with Crippen molar-refractivity contribution in [2.75, 3.05) is 12.3 Å². The molecule has 0 saturated heterocycles. The van der Waals surface area contributed by atoms with Gasteiger partial charge in [-0.15, -0.1) is 0 Å². The third-order valence-corrected chi connectivity index (χ3v) is 4.68. The minimum Gasteiger partial charge on any atom is -0.387 e. The monoisotopic (exact) mass is 341 g/mol. The molecule has 4 nitrogen and oxygen atoms in total. The van der Waals surface area contributed by atoms with Crippen LogP contribution in [0.3, 0.4) is 0 Å². The Bertz CT molecular complexity index is 731. The van der Waals surface area contributed by atoms with E-state index >= 15 is 0 Å². The molecule has 2 rings (SSSR count). The van der Waals surface area contributed by atoms with Gasteiger partial charge in [0.15, 0.2) is 0 Å². The molecular formula is C16H17F2NO3S. The number of aryl methyl sites for hydroxylation is 1. The van der Waals surface area contributed by atoms with Crippen molar-refractivity contribution < 1.29 is 22.3 Å². The number of sulfonamides is 1. The van der Waals surface area contributed by atoms with E-state index in [-0.39, 0.29) is 5.75 Å². The molecule has 0 heterocycles. The van der Waals surface area contributed by atoms with E-state index in [0.29, 0.717) is 6.42 Å². The molecular weight excluding hydrogens is 324 g/mol. The Morgan fingerprint density at radius 1 is 1.00 bits per heavy atom. The lowest BCUT2D eigenvalue weighted by Gasteiger charge is -2.14. The first-order valence-electron chi connectivity index (χ1n) is 7.02. The molecule has 2 aromatic carbocycles. The summed E-state index contributed by atoms with van der Waals surface area (Å²) in [5.41, 5.74) is 0.317. The van der Waals surface area contributed by atoms with Crippen molar-refractivity contribution in [3.8, 4) is 0 Å². The van der Waals surface area contributed by atoms with E-state index in [1.54, 1.807) is 24.3 Å². The Morgan fingerprint density at radius 3 is 2.22 bits per heavy atom. The highest BCUT2D eigenvalue weighted by molar-refractivity contribution is 7.89. The molecule has 0 amide bonds. The molecule has 23 heavy (non-hydrogen) atoms. The average Bonchev–Trinajstić information content (AvgIpc) is 2.52. The summed E-state index contributed by atoms with van der Waals surface area (Å²) in [5.74, 6) is -2.01. The van der Waals surface area contributed by atoms with Crippen molar-refractivity contribution in [1.29, 1.82) is 0 Å². The Kier molecular flexibility index (Phi) is 5.81. The molecule has 0 aliphatic rings. The molecule has 0 fully saturated rings. The summed E-state index contributed by atoms with van der Waals surface area (Å²) in [5, 5.41) is 9.82. The molecule has 2 N–H and O–H groups in total. The predicted octanol–water partition coefficient (Wildman–Crippen LogP) is 2.16. The summed E-state index contributed by atoms with van der Waals surface area (Å²) in [7, 11) is -3.66. The maximum absolute atomic E-state index is 13.5. The second-order valence-corrected chi connectivity index (χ2v) is 6.98. The van der Waals surface area contributed by atoms with Gasteiger partial charge in [0, 0.05) is 6.54 Å². The van der Waals surface area contributed by atoms with E-state index < -0.39 is 39.9 Å². The van der Waals surface area contributed by atoms with E-state index in [0.717, 1.165) is 17.7 Å². The molecule has 1 atom stereocenters. The minimum absolute atomic E-state index is 0.177. The highest BCUT2D eigenvalue weighted by atomic mass is 32.2. The van der Waals surface area contributed by atoms with E-state index in [2.05, 4.69) is 4.72 Å². The van der Waals surface area contributed by atoms with Gasteiger partial charge in [-0.3, -0.25) is 0 Å². The average molecular weight is 341 g/mol. The Hall–Kier alpha value is -1.83. The van der Waals surface area contributed by atoms with Gasteiger partial charge in [-0.2, -0.15) is 0 Å². The van der Waals surface area contributed by atoms with Crippen LogP contribution in [0.2, 0.25) is 0 Å². The zero-order chi connectivity index (χ0) is 16.9. The number of benzene rings is 2. The standard InChI is InChI=1S/C16H17F2NO3S/c17-13-7-4-8-14(18)16(13)15(20)11-19-23(21,22)10-9-12-5-2-1-3-6-12/h1-8,15,19-20H,9-11H2. The largest absolute Gasteiger partial charge is 0.387 e. The van der Waals surface area contributed by atoms with Gasteiger partial charge < -0.3 is 5.11 Å². The second-order valence-electron chi connectivity index (χ2n) is 5.05. The first-order chi connectivity index (χ1) is 10.9. The summed E-state index contributed by atoms with van der Waals surface area (Å²) in [6.45, 7) is -0.491. The van der Waals surface area contributed by atoms with Crippen molar-refractivity contribution in [3.63, 3.8) is 0 Å². The first kappa shape index (κ1) is 17.5. The zero-order valence-electron chi connectivity index (χ0n) is 12.2. The summed E-state index contributed by atoms with van der Waals surface area (Å²) in [4.78, 5) is 0. The van der Waals surface area contributed by atoms with E-state index in [4.69, 9.17) is 0 Å². The lowest BCUT2D eigenvalue weighted by molar-refractivity contribution is 0.172. The van der Waals surface area contributed by atoms with E-state index in [1.807, 2.05) is 6.07 Å². The highest BCUT2D eigenvalue weighted by Crippen LogP contribution is 2.20. The van der Waals surface area contributed by atoms with Gasteiger partial charge in [0.1, 0.15) is 11.6 Å². The second kappa shape index (κ2) is 7.63. The highest BCUT2D eigenvalue weighted by Gasteiger charge is 2.20. The summed E-state index contributed by atoms with van der Waals surface area (Å²) >= 11 is 0. The van der Waals surface area contributed by atoms with E-state index in [9.17, 15) is 22.3 Å². The fourth-order valence-electron chi connectivity index (χ4n) is 2.11. The molecule has 0 saturated carbocycles. The maximum Gasteiger partial charge on any atom is 0.212 e. The van der Waals surface area contributed by atoms with Gasteiger partial charge in [0.25, 0.3) is 0 Å². The van der Waals surface area contributed by atoms with Crippen LogP contribution in [-0.4, -0.2) is 25.8 Å². The van der Waals surface area contributed by atoms with Crippen molar-refractivity contribution >= 4 is 10.0 Å². The van der Waals surface area contributed by atoms with Crippen LogP contribution < -0.4 is 4.72 Å². The molecule has 0 bridgehead atoms. The Morgan fingerprint density at radius 2 is 1.61 bits per heavy atom. The van der Waals surface area contributed by atoms with Crippen molar-refractivity contribution in [3.05, 3.63) is 71.3 Å². The number of aliphatic hydroxyl groups excluding tert-OH is 1. The lowest BCUT2D eigenvalue weighted by Crippen LogP contribution is -2.31. The van der Waals surface area contributed by atoms with Crippen LogP contribution in [0.5, 0.6) is 0 Å². The topological polar surface area (TPSA) is 66.4 Å². The molecule has 124 valence electrons. The van der Waals surface area contributed by atoms with Gasteiger partial charge in [0.05, 0.1) is 17.4 Å². The van der Waals surface area contributed by atoms with E-state index in [1.165, 1.54) is 6.07 Å². The van der Waals surface area contributed by atoms with Gasteiger partial charge in [-0.1, -0.05) is 36.4 Å². The van der Waals surface area contributed by atoms with Crippen LogP contribution in [0.4, 0.5) is 8.78 Å². The molecule has 0 radical (unpaired) electrons. The number of aliphatic hydroxyl groups is 1. The van der Waals surface area contributed by atoms with Crippen molar-refractivity contribution in [2.24, 2.45) is 0 Å². The van der Waals surface area contributed by atoms with Crippen molar-refractivity contribution in [2.45, 2.75) is 12.5 Å². The van der Waals surface area contributed by atoms with Crippen LogP contribution in [0.1, 0.15) is 17.2 Å². The molecule has 2 aromatic rings. The first-order valence-corrected chi connectivity index (χ1v) is 8.67. The summed E-state index contributed by atoms with van der Waals surface area (Å²) in [6, 6.07) is 12.2. The number of nitrogens with one attached hydrogen (secondary N) is 1. The smallest absolute Gasteiger partial charge is 0.212 e. The molecule has 0 aromatic heterocycles. The molecule has 0 aliphatic heterocycles.